The summed E-state index contributed by atoms with van der Waals surface area (Å²) in [5.41, 5.74) is 0. The van der Waals surface area contributed by atoms with Crippen LogP contribution < -0.4 is 0 Å². The molecule has 2 heterocycles. The SMILES string of the molecule is CCCC[Te]/C(=C\C#CCN1CCOCC1)CN1CCOCC1. The monoisotopic (exact) mass is 436 g/mol. The molecule has 2 aliphatic heterocycles. The molecule has 130 valence electrons. The van der Waals surface area contributed by atoms with Crippen molar-refractivity contribution in [3.05, 3.63) is 9.70 Å². The van der Waals surface area contributed by atoms with Gasteiger partial charge in [0.1, 0.15) is 0 Å². The Kier molecular flexibility index (Phi) is 10.3. The zero-order chi connectivity index (χ0) is 16.2. The summed E-state index contributed by atoms with van der Waals surface area (Å²) in [6.07, 6.45) is 4.90. The molecule has 0 aromatic rings. The van der Waals surface area contributed by atoms with E-state index < -0.39 is 0 Å². The Bertz CT molecular complexity index is 405. The Labute approximate surface area is 151 Å². The molecular formula is C18H30N2O2Te. The number of allylic oxidation sites excluding steroid dienone is 1. The number of ether oxygens (including phenoxy) is 2. The van der Waals surface area contributed by atoms with Crippen molar-refractivity contribution in [1.82, 2.24) is 9.80 Å². The van der Waals surface area contributed by atoms with E-state index in [4.69, 9.17) is 9.47 Å². The normalized spacial score (nSPS) is 21.0. The summed E-state index contributed by atoms with van der Waals surface area (Å²) in [5, 5.41) is 0. The fraction of sp³-hybridized carbons (Fsp3) is 0.778. The Morgan fingerprint density at radius 2 is 1.70 bits per heavy atom. The quantitative estimate of drug-likeness (QED) is 0.345. The summed E-state index contributed by atoms with van der Waals surface area (Å²) in [5.74, 6) is 6.66. The molecule has 0 N–H and O–H groups in total. The van der Waals surface area contributed by atoms with Crippen molar-refractivity contribution >= 4 is 20.9 Å². The van der Waals surface area contributed by atoms with Crippen LogP contribution in [0.25, 0.3) is 0 Å². The van der Waals surface area contributed by atoms with Crippen molar-refractivity contribution in [3.63, 3.8) is 0 Å². The minimum absolute atomic E-state index is 0.0549. The van der Waals surface area contributed by atoms with Crippen LogP contribution in [0.4, 0.5) is 0 Å². The first-order valence-electron chi connectivity index (χ1n) is 8.79. The van der Waals surface area contributed by atoms with Crippen LogP contribution in [0.5, 0.6) is 0 Å². The molecular weight excluding hydrogens is 404 g/mol. The van der Waals surface area contributed by atoms with Crippen molar-refractivity contribution in [2.75, 3.05) is 65.7 Å². The molecule has 0 aliphatic carbocycles. The molecule has 0 aromatic heterocycles. The Hall–Kier alpha value is -0.0704. The van der Waals surface area contributed by atoms with E-state index in [1.54, 1.807) is 3.62 Å². The molecule has 0 bridgehead atoms. The van der Waals surface area contributed by atoms with Gasteiger partial charge >= 0.3 is 152 Å². The standard InChI is InChI=1S/C18H30N2O2Te/c1-2-3-16-23-18(17-20-10-14-22-15-11-20)6-4-5-7-19-8-12-21-13-9-19/h6H,2-3,7-17H2,1H3/b18-6-. The number of rotatable bonds is 7. The van der Waals surface area contributed by atoms with Gasteiger partial charge in [0.25, 0.3) is 0 Å². The topological polar surface area (TPSA) is 24.9 Å². The minimum atomic E-state index is -0.0549. The van der Waals surface area contributed by atoms with Crippen LogP contribution in [-0.2, 0) is 9.47 Å². The molecule has 0 spiro atoms. The number of morpholine rings is 2. The molecule has 2 aliphatic rings. The second-order valence-electron chi connectivity index (χ2n) is 5.91. The molecule has 0 aromatic carbocycles. The zero-order valence-electron chi connectivity index (χ0n) is 14.4. The first kappa shape index (κ1) is 19.3. The van der Waals surface area contributed by atoms with Crippen LogP contribution in [0.3, 0.4) is 0 Å². The molecule has 0 unspecified atom stereocenters. The van der Waals surface area contributed by atoms with Gasteiger partial charge in [0.05, 0.1) is 0 Å². The summed E-state index contributed by atoms with van der Waals surface area (Å²) in [6, 6.07) is 0. The third kappa shape index (κ3) is 8.54. The van der Waals surface area contributed by atoms with E-state index in [-0.39, 0.29) is 20.9 Å². The first-order chi connectivity index (χ1) is 11.4. The summed E-state index contributed by atoms with van der Waals surface area (Å²) in [4.78, 5) is 4.90. The van der Waals surface area contributed by atoms with Gasteiger partial charge < -0.3 is 0 Å². The third-order valence-electron chi connectivity index (χ3n) is 4.01. The molecule has 0 saturated carbocycles. The number of hydrogen-bond donors (Lipinski definition) is 0. The van der Waals surface area contributed by atoms with E-state index in [1.165, 1.54) is 17.3 Å². The Morgan fingerprint density at radius 1 is 1.04 bits per heavy atom. The average molecular weight is 434 g/mol. The summed E-state index contributed by atoms with van der Waals surface area (Å²) >= 11 is -0.0549. The predicted octanol–water partition coefficient (Wildman–Crippen LogP) is 1.46. The molecule has 0 amide bonds. The van der Waals surface area contributed by atoms with Gasteiger partial charge in [-0.15, -0.1) is 0 Å². The number of unbranched alkanes of at least 4 members (excludes halogenated alkanes) is 1. The van der Waals surface area contributed by atoms with Gasteiger partial charge in [-0.3, -0.25) is 0 Å². The van der Waals surface area contributed by atoms with E-state index in [0.717, 1.165) is 65.7 Å². The predicted molar refractivity (Wildman–Crippen MR) is 95.8 cm³/mol. The van der Waals surface area contributed by atoms with Crippen LogP contribution in [0.15, 0.2) is 9.70 Å². The van der Waals surface area contributed by atoms with Crippen LogP contribution in [0.1, 0.15) is 19.8 Å². The van der Waals surface area contributed by atoms with Crippen molar-refractivity contribution in [3.8, 4) is 11.8 Å². The van der Waals surface area contributed by atoms with Crippen molar-refractivity contribution < 1.29 is 9.47 Å². The van der Waals surface area contributed by atoms with Crippen LogP contribution in [0, 0.1) is 11.8 Å². The van der Waals surface area contributed by atoms with Crippen LogP contribution in [0.2, 0.25) is 4.47 Å². The maximum absolute atomic E-state index is 5.45. The van der Waals surface area contributed by atoms with E-state index in [0.29, 0.717) is 0 Å². The number of hydrogen-bond acceptors (Lipinski definition) is 4. The molecule has 2 rings (SSSR count). The van der Waals surface area contributed by atoms with Gasteiger partial charge in [-0.1, -0.05) is 0 Å². The summed E-state index contributed by atoms with van der Waals surface area (Å²) in [7, 11) is 0. The molecule has 0 radical (unpaired) electrons. The molecule has 4 nitrogen and oxygen atoms in total. The van der Waals surface area contributed by atoms with Gasteiger partial charge in [-0.2, -0.15) is 0 Å². The van der Waals surface area contributed by atoms with Gasteiger partial charge in [-0.05, 0) is 0 Å². The molecule has 5 heteroatoms. The fourth-order valence-electron chi connectivity index (χ4n) is 2.51. The second kappa shape index (κ2) is 12.3. The van der Waals surface area contributed by atoms with E-state index >= 15 is 0 Å². The van der Waals surface area contributed by atoms with Crippen molar-refractivity contribution in [2.45, 2.75) is 24.2 Å². The molecule has 2 fully saturated rings. The van der Waals surface area contributed by atoms with E-state index in [9.17, 15) is 0 Å². The van der Waals surface area contributed by atoms with E-state index in [2.05, 4.69) is 34.6 Å². The Balaban J connectivity index is 1.81. The zero-order valence-corrected chi connectivity index (χ0v) is 16.7. The van der Waals surface area contributed by atoms with Gasteiger partial charge in [-0.25, -0.2) is 0 Å². The Morgan fingerprint density at radius 3 is 2.35 bits per heavy atom. The average Bonchev–Trinajstić information content (AvgIpc) is 2.60. The van der Waals surface area contributed by atoms with Gasteiger partial charge in [0.15, 0.2) is 0 Å². The molecule has 0 atom stereocenters. The number of nitrogens with zero attached hydrogens (tertiary/aromatic N) is 2. The second-order valence-corrected chi connectivity index (χ2v) is 9.40. The van der Waals surface area contributed by atoms with Gasteiger partial charge in [0.2, 0.25) is 0 Å². The van der Waals surface area contributed by atoms with Crippen LogP contribution >= 0.6 is 0 Å². The fourth-order valence-corrected chi connectivity index (χ4v) is 5.68. The maximum atomic E-state index is 5.45. The van der Waals surface area contributed by atoms with Crippen LogP contribution in [-0.4, -0.2) is 96.4 Å². The molecule has 23 heavy (non-hydrogen) atoms. The first-order valence-corrected chi connectivity index (χ1v) is 11.6. The van der Waals surface area contributed by atoms with Crippen molar-refractivity contribution in [1.29, 1.82) is 0 Å². The molecule has 2 saturated heterocycles. The van der Waals surface area contributed by atoms with Gasteiger partial charge in [0, 0.05) is 0 Å². The van der Waals surface area contributed by atoms with E-state index in [1.807, 2.05) is 0 Å². The summed E-state index contributed by atoms with van der Waals surface area (Å²) in [6.45, 7) is 11.9. The van der Waals surface area contributed by atoms with Crippen molar-refractivity contribution in [2.24, 2.45) is 0 Å². The summed E-state index contributed by atoms with van der Waals surface area (Å²) < 4.78 is 13.8. The third-order valence-corrected chi connectivity index (χ3v) is 7.18.